The summed E-state index contributed by atoms with van der Waals surface area (Å²) in [6.45, 7) is 2.31. The van der Waals surface area contributed by atoms with Gasteiger partial charge in [0, 0.05) is 40.0 Å². The molecule has 3 heterocycles. The van der Waals surface area contributed by atoms with Crippen LogP contribution in [-0.2, 0) is 9.59 Å². The van der Waals surface area contributed by atoms with Crippen molar-refractivity contribution in [2.45, 2.75) is 13.0 Å². The van der Waals surface area contributed by atoms with Crippen molar-refractivity contribution in [3.8, 4) is 17.2 Å². The van der Waals surface area contributed by atoms with Crippen LogP contribution in [0.3, 0.4) is 0 Å². The minimum Gasteiger partial charge on any atom is -0.507 e. The van der Waals surface area contributed by atoms with Crippen molar-refractivity contribution in [1.29, 1.82) is 0 Å². The number of benzene rings is 3. The van der Waals surface area contributed by atoms with Gasteiger partial charge in [0.05, 0.1) is 23.2 Å². The molecule has 6 rings (SSSR count). The number of aromatic nitrogens is 1. The first-order chi connectivity index (χ1) is 18.0. The summed E-state index contributed by atoms with van der Waals surface area (Å²) in [5.41, 5.74) is 2.01. The number of H-pyrrole nitrogens is 1. The first kappa shape index (κ1) is 23.0. The molecule has 37 heavy (non-hydrogen) atoms. The van der Waals surface area contributed by atoms with Crippen LogP contribution in [0.5, 0.6) is 17.2 Å². The number of ether oxygens (including phenoxy) is 3. The van der Waals surface area contributed by atoms with Gasteiger partial charge < -0.3 is 24.3 Å². The van der Waals surface area contributed by atoms with Crippen molar-refractivity contribution in [2.24, 2.45) is 0 Å². The van der Waals surface area contributed by atoms with Crippen LogP contribution in [0.4, 0.5) is 5.69 Å². The van der Waals surface area contributed by atoms with Crippen molar-refractivity contribution in [2.75, 3.05) is 18.3 Å². The molecule has 1 atom stereocenters. The Balaban J connectivity index is 1.59. The molecule has 2 aliphatic heterocycles. The van der Waals surface area contributed by atoms with E-state index < -0.39 is 17.7 Å². The van der Waals surface area contributed by atoms with Gasteiger partial charge in [0.25, 0.3) is 11.7 Å². The van der Waals surface area contributed by atoms with E-state index >= 15 is 0 Å². The fourth-order valence-corrected chi connectivity index (χ4v) is 5.04. The number of carbonyl (C=O) groups excluding carboxylic acids is 2. The Hall–Kier alpha value is -4.43. The fraction of sp³-hybridized carbons (Fsp3) is 0.143. The van der Waals surface area contributed by atoms with Crippen LogP contribution in [0.15, 0.2) is 72.4 Å². The van der Waals surface area contributed by atoms with Gasteiger partial charge in [-0.05, 0) is 43.3 Å². The third-order valence-electron chi connectivity index (χ3n) is 6.50. The number of hydrogen-bond acceptors (Lipinski definition) is 6. The average molecular weight is 517 g/mol. The second-order valence-corrected chi connectivity index (χ2v) is 8.98. The van der Waals surface area contributed by atoms with E-state index in [4.69, 9.17) is 25.8 Å². The van der Waals surface area contributed by atoms with Crippen LogP contribution in [-0.4, -0.2) is 35.2 Å². The van der Waals surface area contributed by atoms with E-state index in [1.54, 1.807) is 42.6 Å². The van der Waals surface area contributed by atoms with Crippen molar-refractivity contribution in [3.63, 3.8) is 0 Å². The Morgan fingerprint density at radius 3 is 2.76 bits per heavy atom. The van der Waals surface area contributed by atoms with Crippen LogP contribution >= 0.6 is 11.6 Å². The topological polar surface area (TPSA) is 101 Å². The molecule has 4 aromatic rings. The quantitative estimate of drug-likeness (QED) is 0.204. The summed E-state index contributed by atoms with van der Waals surface area (Å²) in [6, 6.07) is 16.4. The number of anilines is 1. The lowest BCUT2D eigenvalue weighted by Crippen LogP contribution is -2.29. The largest absolute Gasteiger partial charge is 0.507 e. The van der Waals surface area contributed by atoms with Gasteiger partial charge in [0.2, 0.25) is 6.79 Å². The third-order valence-corrected chi connectivity index (χ3v) is 6.83. The molecule has 3 aromatic carbocycles. The molecular formula is C28H21ClN2O6. The maximum atomic E-state index is 13.6. The molecule has 0 radical (unpaired) electrons. The summed E-state index contributed by atoms with van der Waals surface area (Å²) in [6.07, 6.45) is 1.74. The van der Waals surface area contributed by atoms with Gasteiger partial charge in [-0.15, -0.1) is 0 Å². The summed E-state index contributed by atoms with van der Waals surface area (Å²) >= 11 is 6.44. The highest BCUT2D eigenvalue weighted by Crippen LogP contribution is 2.47. The number of aromatic amines is 1. The van der Waals surface area contributed by atoms with Crippen LogP contribution < -0.4 is 19.1 Å². The van der Waals surface area contributed by atoms with Crippen molar-refractivity contribution in [1.82, 2.24) is 4.98 Å². The molecule has 0 aliphatic carbocycles. The van der Waals surface area contributed by atoms with Gasteiger partial charge in [0.1, 0.15) is 11.5 Å². The maximum absolute atomic E-state index is 13.6. The first-order valence-corrected chi connectivity index (χ1v) is 12.0. The molecule has 0 saturated carbocycles. The zero-order valence-electron chi connectivity index (χ0n) is 19.7. The number of nitrogens with one attached hydrogen (secondary N) is 1. The number of Topliss-reactive ketones (excluding diaryl/α,β-unsaturated/α-hetero) is 1. The lowest BCUT2D eigenvalue weighted by molar-refractivity contribution is -0.132. The number of amides is 1. The molecule has 2 aliphatic rings. The Morgan fingerprint density at radius 2 is 1.92 bits per heavy atom. The van der Waals surface area contributed by atoms with E-state index in [0.717, 1.165) is 10.9 Å². The normalized spacial score (nSPS) is 18.1. The standard InChI is InChI=1S/C28H21ClN2O6/c1-2-35-16-8-9-20(29)18(12-16)26(32)24-25(19-13-30-21-6-4-3-5-17(19)21)31(28(34)27(24)33)15-7-10-22-23(11-15)37-14-36-22/h3-13,25,30,32H,2,14H2,1H3/b26-24+. The SMILES string of the molecule is CCOc1ccc(Cl)c(/C(O)=C2\C(=O)C(=O)N(c3ccc4c(c3)OCO4)C2c2c[nH]c3ccccc23)c1. The van der Waals surface area contributed by atoms with Gasteiger partial charge in [-0.2, -0.15) is 0 Å². The molecular weight excluding hydrogens is 496 g/mol. The molecule has 9 heteroatoms. The lowest BCUT2D eigenvalue weighted by atomic mass is 9.94. The number of para-hydroxylation sites is 1. The van der Waals surface area contributed by atoms with E-state index in [1.165, 1.54) is 4.90 Å². The molecule has 1 unspecified atom stereocenters. The Morgan fingerprint density at radius 1 is 1.11 bits per heavy atom. The molecule has 0 spiro atoms. The minimum atomic E-state index is -0.941. The van der Waals surface area contributed by atoms with E-state index in [0.29, 0.717) is 35.1 Å². The second-order valence-electron chi connectivity index (χ2n) is 8.57. The molecule has 2 N–H and O–H groups in total. The summed E-state index contributed by atoms with van der Waals surface area (Å²) in [4.78, 5) is 31.7. The number of hydrogen-bond donors (Lipinski definition) is 2. The smallest absolute Gasteiger partial charge is 0.300 e. The highest BCUT2D eigenvalue weighted by atomic mass is 35.5. The number of aliphatic hydroxyl groups excluding tert-OH is 1. The average Bonchev–Trinajstić information content (AvgIpc) is 3.61. The molecule has 1 amide bonds. The number of ketones is 1. The highest BCUT2D eigenvalue weighted by molar-refractivity contribution is 6.52. The van der Waals surface area contributed by atoms with Crippen molar-refractivity contribution < 1.29 is 28.9 Å². The summed E-state index contributed by atoms with van der Waals surface area (Å²) in [5, 5.41) is 12.5. The van der Waals surface area contributed by atoms with E-state index in [-0.39, 0.29) is 28.7 Å². The first-order valence-electron chi connectivity index (χ1n) is 11.7. The van der Waals surface area contributed by atoms with Gasteiger partial charge in [0.15, 0.2) is 11.5 Å². The van der Waals surface area contributed by atoms with Crippen LogP contribution in [0, 0.1) is 0 Å². The van der Waals surface area contributed by atoms with Gasteiger partial charge in [-0.25, -0.2) is 0 Å². The Labute approximate surface area is 216 Å². The second kappa shape index (κ2) is 8.90. The molecule has 1 fully saturated rings. The number of fused-ring (bicyclic) bond motifs is 2. The number of carbonyl (C=O) groups is 2. The summed E-state index contributed by atoms with van der Waals surface area (Å²) < 4.78 is 16.5. The minimum absolute atomic E-state index is 0.0676. The molecule has 1 aromatic heterocycles. The molecule has 0 bridgehead atoms. The van der Waals surface area contributed by atoms with Crippen LogP contribution in [0.1, 0.15) is 24.1 Å². The zero-order valence-corrected chi connectivity index (χ0v) is 20.4. The lowest BCUT2D eigenvalue weighted by Gasteiger charge is -2.25. The Bertz CT molecular complexity index is 1610. The maximum Gasteiger partial charge on any atom is 0.300 e. The number of aliphatic hydroxyl groups is 1. The summed E-state index contributed by atoms with van der Waals surface area (Å²) in [7, 11) is 0. The van der Waals surface area contributed by atoms with E-state index in [9.17, 15) is 14.7 Å². The van der Waals surface area contributed by atoms with E-state index in [2.05, 4.69) is 4.98 Å². The highest BCUT2D eigenvalue weighted by Gasteiger charge is 2.48. The predicted octanol–water partition coefficient (Wildman–Crippen LogP) is 5.58. The monoisotopic (exact) mass is 516 g/mol. The number of halogens is 1. The predicted molar refractivity (Wildman–Crippen MR) is 138 cm³/mol. The van der Waals surface area contributed by atoms with Gasteiger partial charge >= 0.3 is 0 Å². The fourth-order valence-electron chi connectivity index (χ4n) is 4.84. The van der Waals surface area contributed by atoms with Crippen LogP contribution in [0.25, 0.3) is 16.7 Å². The third kappa shape index (κ3) is 3.68. The van der Waals surface area contributed by atoms with Crippen molar-refractivity contribution >= 4 is 45.6 Å². The van der Waals surface area contributed by atoms with E-state index in [1.807, 2.05) is 31.2 Å². The zero-order chi connectivity index (χ0) is 25.7. The van der Waals surface area contributed by atoms with Crippen molar-refractivity contribution in [3.05, 3.63) is 88.6 Å². The number of nitrogens with zero attached hydrogens (tertiary/aromatic N) is 1. The summed E-state index contributed by atoms with van der Waals surface area (Å²) in [5.74, 6) is -0.519. The van der Waals surface area contributed by atoms with Gasteiger partial charge in [-0.3, -0.25) is 14.5 Å². The Kier molecular flexibility index (Phi) is 5.53. The molecule has 1 saturated heterocycles. The molecule has 8 nitrogen and oxygen atoms in total. The molecule has 186 valence electrons. The van der Waals surface area contributed by atoms with Crippen LogP contribution in [0.2, 0.25) is 5.02 Å². The van der Waals surface area contributed by atoms with Gasteiger partial charge in [-0.1, -0.05) is 29.8 Å². The number of rotatable bonds is 5.